The fourth-order valence-electron chi connectivity index (χ4n) is 2.35. The minimum Gasteiger partial charge on any atom is -0.360 e. The first-order valence-corrected chi connectivity index (χ1v) is 6.35. The minimum absolute atomic E-state index is 0.00574. The maximum atomic E-state index is 13.3. The Labute approximate surface area is 122 Å². The molecule has 2 nitrogen and oxygen atoms in total. The normalized spacial score (nSPS) is 11.8. The Balaban J connectivity index is 2.17. The summed E-state index contributed by atoms with van der Waals surface area (Å²) in [6.45, 7) is 0. The van der Waals surface area contributed by atoms with Crippen LogP contribution in [0.2, 0.25) is 0 Å². The summed E-state index contributed by atoms with van der Waals surface area (Å²) in [6.07, 6.45) is -3.34. The lowest BCUT2D eigenvalue weighted by atomic mass is 9.97. The average molecular weight is 307 g/mol. The van der Waals surface area contributed by atoms with Gasteiger partial charge in [-0.25, -0.2) is 4.39 Å². The molecule has 1 aromatic heterocycles. The van der Waals surface area contributed by atoms with Crippen molar-refractivity contribution in [2.75, 3.05) is 0 Å². The van der Waals surface area contributed by atoms with Crippen molar-refractivity contribution < 1.29 is 22.4 Å². The number of aromatic nitrogens is 1. The van der Waals surface area contributed by atoms with E-state index in [1.54, 1.807) is 0 Å². The second kappa shape index (κ2) is 4.98. The van der Waals surface area contributed by atoms with Gasteiger partial charge >= 0.3 is 6.18 Å². The quantitative estimate of drug-likeness (QED) is 0.546. The van der Waals surface area contributed by atoms with Crippen LogP contribution in [0.5, 0.6) is 0 Å². The Morgan fingerprint density at radius 3 is 2.45 bits per heavy atom. The summed E-state index contributed by atoms with van der Waals surface area (Å²) in [5.41, 5.74) is -0.980. The number of ketones is 1. The number of alkyl halides is 3. The van der Waals surface area contributed by atoms with Gasteiger partial charge in [0.15, 0.2) is 5.78 Å². The molecule has 0 aliphatic heterocycles. The van der Waals surface area contributed by atoms with Crippen molar-refractivity contribution >= 4 is 16.7 Å². The number of hydrogen-bond acceptors (Lipinski definition) is 1. The summed E-state index contributed by atoms with van der Waals surface area (Å²) in [4.78, 5) is 15.2. The van der Waals surface area contributed by atoms with Gasteiger partial charge in [-0.05, 0) is 24.3 Å². The molecule has 3 aromatic rings. The van der Waals surface area contributed by atoms with Gasteiger partial charge in [-0.15, -0.1) is 0 Å². The van der Waals surface area contributed by atoms with Crippen LogP contribution in [0.1, 0.15) is 21.5 Å². The summed E-state index contributed by atoms with van der Waals surface area (Å²) in [5.74, 6) is -1.37. The molecule has 0 saturated carbocycles. The van der Waals surface area contributed by atoms with E-state index in [9.17, 15) is 22.4 Å². The molecule has 0 amide bonds. The lowest BCUT2D eigenvalue weighted by molar-refractivity contribution is -0.137. The van der Waals surface area contributed by atoms with Crippen molar-refractivity contribution in [3.05, 3.63) is 71.2 Å². The molecule has 1 N–H and O–H groups in total. The third kappa shape index (κ3) is 2.36. The van der Waals surface area contributed by atoms with Crippen LogP contribution in [0.3, 0.4) is 0 Å². The number of carbonyl (C=O) groups excluding carboxylic acids is 1. The minimum atomic E-state index is -4.64. The number of halogens is 4. The zero-order chi connectivity index (χ0) is 15.9. The molecule has 2 aromatic carbocycles. The number of H-pyrrole nitrogens is 1. The van der Waals surface area contributed by atoms with Crippen LogP contribution in [0.15, 0.2) is 48.7 Å². The molecule has 0 spiro atoms. The number of aromatic amines is 1. The predicted molar refractivity (Wildman–Crippen MR) is 73.1 cm³/mol. The molecule has 0 radical (unpaired) electrons. The number of fused-ring (bicyclic) bond motifs is 1. The van der Waals surface area contributed by atoms with E-state index >= 15 is 0 Å². The van der Waals surface area contributed by atoms with Crippen molar-refractivity contribution in [2.24, 2.45) is 0 Å². The molecule has 0 unspecified atom stereocenters. The van der Waals surface area contributed by atoms with E-state index in [1.807, 2.05) is 0 Å². The Hall–Kier alpha value is -2.63. The smallest absolute Gasteiger partial charge is 0.360 e. The standard InChI is InChI=1S/C16H9F4NO/c17-9-5-6-14-11(7-9)12(8-21-14)15(22)10-3-1-2-4-13(10)16(18,19)20/h1-8,21H. The van der Waals surface area contributed by atoms with E-state index in [0.717, 1.165) is 18.2 Å². The summed E-state index contributed by atoms with van der Waals surface area (Å²) in [7, 11) is 0. The first-order valence-electron chi connectivity index (χ1n) is 6.35. The molecule has 0 bridgehead atoms. The van der Waals surface area contributed by atoms with Crippen LogP contribution >= 0.6 is 0 Å². The Bertz CT molecular complexity index is 864. The van der Waals surface area contributed by atoms with Gasteiger partial charge in [-0.3, -0.25) is 4.79 Å². The van der Waals surface area contributed by atoms with Crippen molar-refractivity contribution in [1.29, 1.82) is 0 Å². The third-order valence-corrected chi connectivity index (χ3v) is 3.37. The second-order valence-corrected chi connectivity index (χ2v) is 4.76. The molecule has 1 heterocycles. The highest BCUT2D eigenvalue weighted by Gasteiger charge is 2.35. The fourth-order valence-corrected chi connectivity index (χ4v) is 2.35. The second-order valence-electron chi connectivity index (χ2n) is 4.76. The zero-order valence-corrected chi connectivity index (χ0v) is 11.0. The van der Waals surface area contributed by atoms with Gasteiger partial charge in [0.05, 0.1) is 5.56 Å². The average Bonchev–Trinajstić information content (AvgIpc) is 2.88. The van der Waals surface area contributed by atoms with Gasteiger partial charge in [0.25, 0.3) is 0 Å². The summed E-state index contributed by atoms with van der Waals surface area (Å²) in [5, 5.41) is 0.252. The highest BCUT2D eigenvalue weighted by atomic mass is 19.4. The van der Waals surface area contributed by atoms with E-state index in [1.165, 1.54) is 30.5 Å². The number of carbonyl (C=O) groups is 1. The van der Waals surface area contributed by atoms with Crippen LogP contribution in [0.25, 0.3) is 10.9 Å². The maximum absolute atomic E-state index is 13.3. The molecule has 22 heavy (non-hydrogen) atoms. The van der Waals surface area contributed by atoms with E-state index in [2.05, 4.69) is 4.98 Å². The first-order chi connectivity index (χ1) is 10.4. The van der Waals surface area contributed by atoms with Gasteiger partial charge in [0, 0.05) is 28.2 Å². The largest absolute Gasteiger partial charge is 0.417 e. The van der Waals surface area contributed by atoms with Gasteiger partial charge in [0.2, 0.25) is 0 Å². The fraction of sp³-hybridized carbons (Fsp3) is 0.0625. The van der Waals surface area contributed by atoms with E-state index in [4.69, 9.17) is 0 Å². The highest BCUT2D eigenvalue weighted by Crippen LogP contribution is 2.33. The number of nitrogens with one attached hydrogen (secondary N) is 1. The monoisotopic (exact) mass is 307 g/mol. The number of hydrogen-bond donors (Lipinski definition) is 1. The van der Waals surface area contributed by atoms with Crippen molar-refractivity contribution in [3.8, 4) is 0 Å². The van der Waals surface area contributed by atoms with Gasteiger partial charge in [0.1, 0.15) is 5.82 Å². The van der Waals surface area contributed by atoms with Gasteiger partial charge < -0.3 is 4.98 Å². The van der Waals surface area contributed by atoms with Crippen LogP contribution < -0.4 is 0 Å². The SMILES string of the molecule is O=C(c1ccccc1C(F)(F)F)c1c[nH]c2ccc(F)cc12. The molecule has 0 atom stereocenters. The molecule has 0 aliphatic rings. The summed E-state index contributed by atoms with van der Waals surface area (Å²) >= 11 is 0. The lowest BCUT2D eigenvalue weighted by Crippen LogP contribution is -2.13. The molecular formula is C16H9F4NO. The first kappa shape index (κ1) is 14.3. The van der Waals surface area contributed by atoms with Crippen LogP contribution in [-0.2, 0) is 6.18 Å². The van der Waals surface area contributed by atoms with Crippen molar-refractivity contribution in [3.63, 3.8) is 0 Å². The van der Waals surface area contributed by atoms with E-state index in [-0.39, 0.29) is 10.9 Å². The lowest BCUT2D eigenvalue weighted by Gasteiger charge is -2.11. The zero-order valence-electron chi connectivity index (χ0n) is 11.0. The third-order valence-electron chi connectivity index (χ3n) is 3.37. The van der Waals surface area contributed by atoms with Gasteiger partial charge in [-0.1, -0.05) is 18.2 Å². The Morgan fingerprint density at radius 2 is 1.73 bits per heavy atom. The molecule has 3 rings (SSSR count). The van der Waals surface area contributed by atoms with Crippen LogP contribution in [-0.4, -0.2) is 10.8 Å². The molecule has 0 aliphatic carbocycles. The summed E-state index contributed by atoms with van der Waals surface area (Å²) in [6, 6.07) is 8.29. The Morgan fingerprint density at radius 1 is 1.00 bits per heavy atom. The van der Waals surface area contributed by atoms with Gasteiger partial charge in [-0.2, -0.15) is 13.2 Å². The molecule has 112 valence electrons. The topological polar surface area (TPSA) is 32.9 Å². The van der Waals surface area contributed by atoms with Crippen LogP contribution in [0, 0.1) is 5.82 Å². The van der Waals surface area contributed by atoms with E-state index in [0.29, 0.717) is 5.52 Å². The number of benzene rings is 2. The van der Waals surface area contributed by atoms with E-state index < -0.39 is 28.9 Å². The maximum Gasteiger partial charge on any atom is 0.417 e. The van der Waals surface area contributed by atoms with Crippen molar-refractivity contribution in [2.45, 2.75) is 6.18 Å². The summed E-state index contributed by atoms with van der Waals surface area (Å²) < 4.78 is 52.3. The molecule has 0 fully saturated rings. The predicted octanol–water partition coefficient (Wildman–Crippen LogP) is 4.56. The van der Waals surface area contributed by atoms with Crippen molar-refractivity contribution in [1.82, 2.24) is 4.98 Å². The molecule has 0 saturated heterocycles. The Kier molecular flexibility index (Phi) is 3.24. The number of rotatable bonds is 2. The molecule has 6 heteroatoms. The highest BCUT2D eigenvalue weighted by molar-refractivity contribution is 6.17. The van der Waals surface area contributed by atoms with Crippen LogP contribution in [0.4, 0.5) is 17.6 Å². The molecular weight excluding hydrogens is 298 g/mol.